The molecule has 1 aliphatic heterocycles. The van der Waals surface area contributed by atoms with Crippen molar-refractivity contribution in [3.8, 4) is 0 Å². The Kier molecular flexibility index (Phi) is 3.77. The number of hydrogen-bond acceptors (Lipinski definition) is 2. The van der Waals surface area contributed by atoms with E-state index >= 15 is 0 Å². The summed E-state index contributed by atoms with van der Waals surface area (Å²) >= 11 is 0. The van der Waals surface area contributed by atoms with Crippen LogP contribution in [0.5, 0.6) is 0 Å². The van der Waals surface area contributed by atoms with Gasteiger partial charge in [0.2, 0.25) is 0 Å². The first-order valence-electron chi connectivity index (χ1n) is 3.98. The lowest BCUT2D eigenvalue weighted by Gasteiger charge is -2.15. The molecular formula is C10H14O2. The van der Waals surface area contributed by atoms with Gasteiger partial charge in [0.05, 0.1) is 26.4 Å². The molecule has 1 rings (SSSR count). The van der Waals surface area contributed by atoms with Crippen LogP contribution in [0.1, 0.15) is 0 Å². The maximum atomic E-state index is 5.29. The highest BCUT2D eigenvalue weighted by Gasteiger charge is 2.07. The molecule has 2 heteroatoms. The first kappa shape index (κ1) is 9.23. The average molecular weight is 166 g/mol. The largest absolute Gasteiger partial charge is 0.373 e. The molecular weight excluding hydrogens is 152 g/mol. The van der Waals surface area contributed by atoms with Crippen molar-refractivity contribution in [2.45, 2.75) is 0 Å². The van der Waals surface area contributed by atoms with Crippen molar-refractivity contribution >= 4 is 0 Å². The van der Waals surface area contributed by atoms with Crippen LogP contribution in [0.2, 0.25) is 0 Å². The van der Waals surface area contributed by atoms with Crippen molar-refractivity contribution in [2.24, 2.45) is 0 Å². The van der Waals surface area contributed by atoms with E-state index < -0.39 is 0 Å². The first-order valence-corrected chi connectivity index (χ1v) is 3.98. The lowest BCUT2D eigenvalue weighted by Crippen LogP contribution is -2.11. The van der Waals surface area contributed by atoms with Crippen LogP contribution in [-0.2, 0) is 9.47 Å². The second-order valence-electron chi connectivity index (χ2n) is 2.65. The molecule has 12 heavy (non-hydrogen) atoms. The molecule has 0 saturated heterocycles. The fourth-order valence-corrected chi connectivity index (χ4v) is 0.992. The molecule has 0 amide bonds. The van der Waals surface area contributed by atoms with E-state index in [9.17, 15) is 0 Å². The molecule has 0 aromatic rings. The Bertz CT molecular complexity index is 204. The van der Waals surface area contributed by atoms with Gasteiger partial charge in [-0.15, -0.1) is 6.58 Å². The fourth-order valence-electron chi connectivity index (χ4n) is 0.992. The van der Waals surface area contributed by atoms with Crippen LogP contribution >= 0.6 is 0 Å². The van der Waals surface area contributed by atoms with Crippen molar-refractivity contribution in [1.29, 1.82) is 0 Å². The quantitative estimate of drug-likeness (QED) is 0.467. The number of hydrogen-bond donors (Lipinski definition) is 0. The Morgan fingerprint density at radius 1 is 1.67 bits per heavy atom. The zero-order valence-electron chi connectivity index (χ0n) is 7.21. The third-order valence-corrected chi connectivity index (χ3v) is 1.67. The van der Waals surface area contributed by atoms with Crippen molar-refractivity contribution in [3.05, 3.63) is 36.5 Å². The van der Waals surface area contributed by atoms with Gasteiger partial charge in [-0.2, -0.15) is 0 Å². The summed E-state index contributed by atoms with van der Waals surface area (Å²) in [5.41, 5.74) is 2.17. The minimum Gasteiger partial charge on any atom is -0.373 e. The van der Waals surface area contributed by atoms with Gasteiger partial charge in [0.15, 0.2) is 0 Å². The lowest BCUT2D eigenvalue weighted by molar-refractivity contribution is 0.159. The van der Waals surface area contributed by atoms with E-state index in [1.165, 1.54) is 0 Å². The monoisotopic (exact) mass is 166 g/mol. The summed E-state index contributed by atoms with van der Waals surface area (Å²) in [7, 11) is 0. The van der Waals surface area contributed by atoms with E-state index in [0.717, 1.165) is 11.1 Å². The minimum atomic E-state index is 0.589. The van der Waals surface area contributed by atoms with Gasteiger partial charge in [0.25, 0.3) is 0 Å². The number of ether oxygens (including phenoxy) is 2. The van der Waals surface area contributed by atoms with Crippen LogP contribution in [0.3, 0.4) is 0 Å². The van der Waals surface area contributed by atoms with Gasteiger partial charge in [-0.25, -0.2) is 0 Å². The summed E-state index contributed by atoms with van der Waals surface area (Å²) in [6.45, 7) is 9.95. The Morgan fingerprint density at radius 3 is 3.17 bits per heavy atom. The van der Waals surface area contributed by atoms with Gasteiger partial charge in [0.1, 0.15) is 0 Å². The average Bonchev–Trinajstić information content (AvgIpc) is 2.09. The predicted octanol–water partition coefficient (Wildman–Crippen LogP) is 1.70. The standard InChI is InChI=1S/C10H14O2/c1-3-5-11-8-10-4-6-12-7-9(10)2/h3-4H,1-2,5-8H2. The Balaban J connectivity index is 2.34. The van der Waals surface area contributed by atoms with E-state index in [0.29, 0.717) is 26.4 Å². The van der Waals surface area contributed by atoms with Crippen LogP contribution in [0.15, 0.2) is 36.5 Å². The van der Waals surface area contributed by atoms with E-state index in [1.807, 2.05) is 6.08 Å². The molecule has 0 fully saturated rings. The van der Waals surface area contributed by atoms with Crippen molar-refractivity contribution in [3.63, 3.8) is 0 Å². The summed E-state index contributed by atoms with van der Waals surface area (Å²) < 4.78 is 10.5. The fraction of sp³-hybridized carbons (Fsp3) is 0.400. The van der Waals surface area contributed by atoms with E-state index in [4.69, 9.17) is 9.47 Å². The van der Waals surface area contributed by atoms with Gasteiger partial charge in [-0.05, 0) is 11.1 Å². The molecule has 0 saturated carbocycles. The molecule has 1 heterocycles. The minimum absolute atomic E-state index is 0.589. The van der Waals surface area contributed by atoms with Crippen LogP contribution in [0, 0.1) is 0 Å². The molecule has 0 atom stereocenters. The molecule has 0 unspecified atom stereocenters. The van der Waals surface area contributed by atoms with Gasteiger partial charge >= 0.3 is 0 Å². The summed E-state index contributed by atoms with van der Waals surface area (Å²) in [5.74, 6) is 0. The molecule has 66 valence electrons. The van der Waals surface area contributed by atoms with Gasteiger partial charge in [0, 0.05) is 0 Å². The van der Waals surface area contributed by atoms with Gasteiger partial charge < -0.3 is 9.47 Å². The topological polar surface area (TPSA) is 18.5 Å². The second kappa shape index (κ2) is 4.91. The van der Waals surface area contributed by atoms with Crippen LogP contribution in [0.25, 0.3) is 0 Å². The smallest absolute Gasteiger partial charge is 0.0722 e. The summed E-state index contributed by atoms with van der Waals surface area (Å²) in [6, 6.07) is 0. The Labute approximate surface area is 73.2 Å². The van der Waals surface area contributed by atoms with Crippen molar-refractivity contribution in [2.75, 3.05) is 26.4 Å². The Morgan fingerprint density at radius 2 is 2.50 bits per heavy atom. The van der Waals surface area contributed by atoms with Crippen molar-refractivity contribution < 1.29 is 9.47 Å². The van der Waals surface area contributed by atoms with Crippen LogP contribution < -0.4 is 0 Å². The summed E-state index contributed by atoms with van der Waals surface area (Å²) in [6.07, 6.45) is 3.75. The van der Waals surface area contributed by atoms with E-state index in [-0.39, 0.29) is 0 Å². The lowest BCUT2D eigenvalue weighted by atomic mass is 10.1. The third kappa shape index (κ3) is 2.64. The Hall–Kier alpha value is -0.860. The highest BCUT2D eigenvalue weighted by atomic mass is 16.5. The molecule has 2 nitrogen and oxygen atoms in total. The van der Waals surface area contributed by atoms with Crippen LogP contribution in [0.4, 0.5) is 0 Å². The molecule has 0 aliphatic carbocycles. The maximum absolute atomic E-state index is 5.29. The maximum Gasteiger partial charge on any atom is 0.0722 e. The van der Waals surface area contributed by atoms with Gasteiger partial charge in [-0.3, -0.25) is 0 Å². The predicted molar refractivity (Wildman–Crippen MR) is 49.1 cm³/mol. The van der Waals surface area contributed by atoms with Crippen LogP contribution in [-0.4, -0.2) is 26.4 Å². The summed E-state index contributed by atoms with van der Waals surface area (Å²) in [4.78, 5) is 0. The molecule has 0 N–H and O–H groups in total. The zero-order chi connectivity index (χ0) is 8.81. The molecule has 0 spiro atoms. The first-order chi connectivity index (χ1) is 5.84. The normalized spacial score (nSPS) is 17.3. The van der Waals surface area contributed by atoms with E-state index in [1.54, 1.807) is 6.08 Å². The van der Waals surface area contributed by atoms with Crippen molar-refractivity contribution in [1.82, 2.24) is 0 Å². The molecule has 0 aromatic heterocycles. The van der Waals surface area contributed by atoms with Gasteiger partial charge in [-0.1, -0.05) is 18.7 Å². The number of rotatable bonds is 4. The summed E-state index contributed by atoms with van der Waals surface area (Å²) in [5, 5.41) is 0. The highest BCUT2D eigenvalue weighted by molar-refractivity contribution is 5.31. The molecule has 0 bridgehead atoms. The molecule has 0 radical (unpaired) electrons. The third-order valence-electron chi connectivity index (χ3n) is 1.67. The SMILES string of the molecule is C=CCOCC1=CCOCC1=C. The highest BCUT2D eigenvalue weighted by Crippen LogP contribution is 2.13. The zero-order valence-corrected chi connectivity index (χ0v) is 7.21. The molecule has 1 aliphatic rings. The van der Waals surface area contributed by atoms with E-state index in [2.05, 4.69) is 13.2 Å². The molecule has 0 aromatic carbocycles. The second-order valence-corrected chi connectivity index (χ2v) is 2.65.